The molecular formula is C28H24F3NO4. The number of ether oxygens (including phenoxy) is 1. The number of Topliss-reactive ketones (excluding diaryl/α,β-unsaturated/α-hetero) is 1. The molecule has 1 fully saturated rings. The molecule has 1 aliphatic rings. The minimum Gasteiger partial charge on any atom is -0.507 e. The molecule has 0 bridgehead atoms. The van der Waals surface area contributed by atoms with Crippen molar-refractivity contribution in [3.63, 3.8) is 0 Å². The zero-order valence-electron chi connectivity index (χ0n) is 20.1. The highest BCUT2D eigenvalue weighted by Gasteiger charge is 2.47. The van der Waals surface area contributed by atoms with E-state index in [2.05, 4.69) is 0 Å². The molecule has 1 N–H and O–H groups in total. The van der Waals surface area contributed by atoms with Gasteiger partial charge >= 0.3 is 6.18 Å². The zero-order valence-corrected chi connectivity index (χ0v) is 20.1. The van der Waals surface area contributed by atoms with Crippen molar-refractivity contribution in [3.8, 4) is 5.75 Å². The summed E-state index contributed by atoms with van der Waals surface area (Å²) >= 11 is 0. The molecular weight excluding hydrogens is 471 g/mol. The molecule has 0 radical (unpaired) electrons. The summed E-state index contributed by atoms with van der Waals surface area (Å²) in [6, 6.07) is 13.5. The predicted octanol–water partition coefficient (Wildman–Crippen LogP) is 6.27. The van der Waals surface area contributed by atoms with Crippen LogP contribution in [0.15, 0.2) is 66.2 Å². The highest BCUT2D eigenvalue weighted by molar-refractivity contribution is 6.51. The largest absolute Gasteiger partial charge is 0.507 e. The maximum absolute atomic E-state index is 13.5. The Bertz CT molecular complexity index is 1410. The van der Waals surface area contributed by atoms with E-state index in [1.807, 2.05) is 26.0 Å². The van der Waals surface area contributed by atoms with Crippen LogP contribution in [0, 0.1) is 20.8 Å². The van der Waals surface area contributed by atoms with E-state index in [0.717, 1.165) is 28.2 Å². The van der Waals surface area contributed by atoms with Crippen LogP contribution in [-0.2, 0) is 15.8 Å². The third kappa shape index (κ3) is 4.34. The fourth-order valence-corrected chi connectivity index (χ4v) is 4.63. The lowest BCUT2D eigenvalue weighted by Gasteiger charge is -2.26. The summed E-state index contributed by atoms with van der Waals surface area (Å²) in [4.78, 5) is 27.6. The van der Waals surface area contributed by atoms with Gasteiger partial charge in [-0.15, -0.1) is 0 Å². The molecule has 1 heterocycles. The first kappa shape index (κ1) is 25.0. The maximum Gasteiger partial charge on any atom is 0.416 e. The smallest absolute Gasteiger partial charge is 0.416 e. The Balaban J connectivity index is 2.02. The van der Waals surface area contributed by atoms with Gasteiger partial charge in [0.25, 0.3) is 11.7 Å². The third-order valence-electron chi connectivity index (χ3n) is 6.13. The average molecular weight is 495 g/mol. The van der Waals surface area contributed by atoms with Crippen LogP contribution >= 0.6 is 0 Å². The van der Waals surface area contributed by atoms with Crippen LogP contribution in [0.2, 0.25) is 0 Å². The number of carbonyl (C=O) groups excluding carboxylic acids is 2. The summed E-state index contributed by atoms with van der Waals surface area (Å²) < 4.78 is 45.8. The van der Waals surface area contributed by atoms with Crippen molar-refractivity contribution in [3.05, 3.63) is 99.6 Å². The number of anilines is 1. The fourth-order valence-electron chi connectivity index (χ4n) is 4.63. The van der Waals surface area contributed by atoms with E-state index in [9.17, 15) is 27.9 Å². The van der Waals surface area contributed by atoms with Crippen molar-refractivity contribution in [1.82, 2.24) is 0 Å². The summed E-state index contributed by atoms with van der Waals surface area (Å²) in [7, 11) is 1.42. The Labute approximate surface area is 206 Å². The van der Waals surface area contributed by atoms with E-state index in [-0.39, 0.29) is 16.8 Å². The Hall–Kier alpha value is -4.07. The molecule has 1 aliphatic heterocycles. The van der Waals surface area contributed by atoms with E-state index < -0.39 is 35.2 Å². The maximum atomic E-state index is 13.5. The van der Waals surface area contributed by atoms with E-state index in [4.69, 9.17) is 4.74 Å². The number of aliphatic hydroxyl groups is 1. The number of ketones is 1. The third-order valence-corrected chi connectivity index (χ3v) is 6.13. The first-order valence-corrected chi connectivity index (χ1v) is 11.1. The van der Waals surface area contributed by atoms with Crippen molar-refractivity contribution < 1.29 is 32.6 Å². The molecule has 186 valence electrons. The van der Waals surface area contributed by atoms with E-state index >= 15 is 0 Å². The standard InChI is InChI=1S/C28H24F3NO4/c1-15-7-5-8-18(12-15)23-22(24(33)21-13-16(2)11-17(3)26(21)36-4)25(34)27(35)32(23)20-10-6-9-19(14-20)28(29,30)31/h5-14,23,33H,1-4H3/b24-22+. The molecule has 1 saturated heterocycles. The Morgan fingerprint density at radius 3 is 2.28 bits per heavy atom. The number of hydrogen-bond donors (Lipinski definition) is 1. The Morgan fingerprint density at radius 2 is 1.64 bits per heavy atom. The van der Waals surface area contributed by atoms with Gasteiger partial charge in [-0.05, 0) is 61.7 Å². The van der Waals surface area contributed by atoms with Gasteiger partial charge in [-0.2, -0.15) is 13.2 Å². The predicted molar refractivity (Wildman–Crippen MR) is 130 cm³/mol. The van der Waals surface area contributed by atoms with Crippen molar-refractivity contribution in [1.29, 1.82) is 0 Å². The van der Waals surface area contributed by atoms with Gasteiger partial charge in [0.05, 0.1) is 29.9 Å². The molecule has 1 atom stereocenters. The molecule has 0 aromatic heterocycles. The second-order valence-electron chi connectivity index (χ2n) is 8.79. The van der Waals surface area contributed by atoms with Crippen LogP contribution in [0.4, 0.5) is 18.9 Å². The first-order chi connectivity index (χ1) is 16.9. The zero-order chi connectivity index (χ0) is 26.4. The SMILES string of the molecule is COc1c(C)cc(C)cc1/C(O)=C1\C(=O)C(=O)N(c2cccc(C(F)(F)F)c2)C1c1cccc(C)c1. The number of aliphatic hydroxyl groups excluding tert-OH is 1. The van der Waals surface area contributed by atoms with Gasteiger partial charge in [-0.1, -0.05) is 42.0 Å². The second-order valence-corrected chi connectivity index (χ2v) is 8.79. The van der Waals surface area contributed by atoms with Gasteiger partial charge in [0.2, 0.25) is 0 Å². The number of benzene rings is 3. The number of nitrogens with zero attached hydrogens (tertiary/aromatic N) is 1. The van der Waals surface area contributed by atoms with Crippen LogP contribution in [0.5, 0.6) is 5.75 Å². The molecule has 1 amide bonds. The molecule has 1 unspecified atom stereocenters. The summed E-state index contributed by atoms with van der Waals surface area (Å²) in [6.45, 7) is 5.40. The normalized spacial score (nSPS) is 17.5. The number of halogens is 3. The topological polar surface area (TPSA) is 66.8 Å². The van der Waals surface area contributed by atoms with Gasteiger partial charge in [0.15, 0.2) is 0 Å². The van der Waals surface area contributed by atoms with Crippen LogP contribution in [0.3, 0.4) is 0 Å². The summed E-state index contributed by atoms with van der Waals surface area (Å²) in [5.41, 5.74) is 1.70. The summed E-state index contributed by atoms with van der Waals surface area (Å²) in [5, 5.41) is 11.4. The number of methoxy groups -OCH3 is 1. The molecule has 5 nitrogen and oxygen atoms in total. The number of aryl methyl sites for hydroxylation is 3. The van der Waals surface area contributed by atoms with Crippen LogP contribution in [0.25, 0.3) is 5.76 Å². The first-order valence-electron chi connectivity index (χ1n) is 11.1. The Morgan fingerprint density at radius 1 is 0.944 bits per heavy atom. The van der Waals surface area contributed by atoms with Crippen molar-refractivity contribution in [2.45, 2.75) is 33.0 Å². The molecule has 0 aliphatic carbocycles. The van der Waals surface area contributed by atoms with Crippen LogP contribution in [-0.4, -0.2) is 23.9 Å². The highest BCUT2D eigenvalue weighted by atomic mass is 19.4. The van der Waals surface area contributed by atoms with E-state index in [1.54, 1.807) is 31.2 Å². The Kier molecular flexibility index (Phi) is 6.39. The molecule has 8 heteroatoms. The van der Waals surface area contributed by atoms with E-state index in [0.29, 0.717) is 16.9 Å². The van der Waals surface area contributed by atoms with Gasteiger partial charge in [-0.25, -0.2) is 0 Å². The fraction of sp³-hybridized carbons (Fsp3) is 0.214. The lowest BCUT2D eigenvalue weighted by Crippen LogP contribution is -2.29. The number of amides is 1. The van der Waals surface area contributed by atoms with Gasteiger partial charge in [-0.3, -0.25) is 14.5 Å². The lowest BCUT2D eigenvalue weighted by molar-refractivity contribution is -0.137. The molecule has 36 heavy (non-hydrogen) atoms. The molecule has 3 aromatic rings. The van der Waals surface area contributed by atoms with Crippen molar-refractivity contribution in [2.75, 3.05) is 12.0 Å². The average Bonchev–Trinajstić information content (AvgIpc) is 3.08. The number of hydrogen-bond acceptors (Lipinski definition) is 4. The van der Waals surface area contributed by atoms with Gasteiger partial charge in [0, 0.05) is 5.69 Å². The molecule has 4 rings (SSSR count). The second kappa shape index (κ2) is 9.18. The number of carbonyl (C=O) groups is 2. The monoisotopic (exact) mass is 495 g/mol. The van der Waals surface area contributed by atoms with Gasteiger partial charge in [0.1, 0.15) is 11.5 Å². The summed E-state index contributed by atoms with van der Waals surface area (Å²) in [6.07, 6.45) is -4.64. The van der Waals surface area contributed by atoms with Crippen molar-refractivity contribution >= 4 is 23.1 Å². The van der Waals surface area contributed by atoms with Crippen molar-refractivity contribution in [2.24, 2.45) is 0 Å². The quantitative estimate of drug-likeness (QED) is 0.263. The van der Waals surface area contributed by atoms with E-state index in [1.165, 1.54) is 19.2 Å². The number of alkyl halides is 3. The highest BCUT2D eigenvalue weighted by Crippen LogP contribution is 2.45. The number of rotatable bonds is 4. The minimum atomic E-state index is -4.64. The summed E-state index contributed by atoms with van der Waals surface area (Å²) in [5.74, 6) is -2.17. The molecule has 0 saturated carbocycles. The van der Waals surface area contributed by atoms with Gasteiger partial charge < -0.3 is 9.84 Å². The molecule has 3 aromatic carbocycles. The lowest BCUT2D eigenvalue weighted by atomic mass is 9.93. The van der Waals surface area contributed by atoms with Crippen LogP contribution in [0.1, 0.15) is 39.4 Å². The van der Waals surface area contributed by atoms with Crippen LogP contribution < -0.4 is 9.64 Å². The molecule has 0 spiro atoms. The minimum absolute atomic E-state index is 0.107.